The maximum atomic E-state index is 11.8. The van der Waals surface area contributed by atoms with Gasteiger partial charge in [-0.25, -0.2) is 4.79 Å². The van der Waals surface area contributed by atoms with E-state index in [4.69, 9.17) is 4.74 Å². The van der Waals surface area contributed by atoms with Crippen molar-refractivity contribution < 1.29 is 9.53 Å². The van der Waals surface area contributed by atoms with Crippen molar-refractivity contribution in [1.82, 2.24) is 15.5 Å². The molecule has 2 N–H and O–H groups in total. The average molecular weight is 297 g/mol. The minimum Gasteiger partial charge on any atom is -0.444 e. The normalized spacial score (nSPS) is 22.9. The van der Waals surface area contributed by atoms with Gasteiger partial charge in [0.05, 0.1) is 0 Å². The van der Waals surface area contributed by atoms with Gasteiger partial charge < -0.3 is 20.3 Å². The molecule has 0 aromatic heterocycles. The lowest BCUT2D eigenvalue weighted by Crippen LogP contribution is -2.50. The second kappa shape index (κ2) is 6.97. The van der Waals surface area contributed by atoms with Crippen molar-refractivity contribution in [2.24, 2.45) is 5.92 Å². The van der Waals surface area contributed by atoms with Gasteiger partial charge in [-0.2, -0.15) is 0 Å². The largest absolute Gasteiger partial charge is 0.444 e. The van der Waals surface area contributed by atoms with Crippen molar-refractivity contribution in [3.8, 4) is 0 Å². The van der Waals surface area contributed by atoms with E-state index in [1.165, 1.54) is 25.7 Å². The first-order valence-corrected chi connectivity index (χ1v) is 8.25. The van der Waals surface area contributed by atoms with E-state index in [0.717, 1.165) is 19.0 Å². The maximum Gasteiger partial charge on any atom is 0.407 e. The van der Waals surface area contributed by atoms with Crippen LogP contribution in [-0.2, 0) is 4.74 Å². The molecule has 1 heterocycles. The summed E-state index contributed by atoms with van der Waals surface area (Å²) in [6.45, 7) is 8.67. The van der Waals surface area contributed by atoms with Gasteiger partial charge in [0, 0.05) is 18.6 Å². The molecular weight excluding hydrogens is 266 g/mol. The fourth-order valence-electron chi connectivity index (χ4n) is 2.85. The summed E-state index contributed by atoms with van der Waals surface area (Å²) in [6, 6.07) is 0.984. The quantitative estimate of drug-likeness (QED) is 0.815. The van der Waals surface area contributed by atoms with Crippen molar-refractivity contribution in [2.45, 2.75) is 64.1 Å². The molecule has 1 aliphatic carbocycles. The van der Waals surface area contributed by atoms with Gasteiger partial charge in [-0.3, -0.25) is 0 Å². The molecule has 122 valence electrons. The van der Waals surface area contributed by atoms with Gasteiger partial charge in [-0.15, -0.1) is 0 Å². The smallest absolute Gasteiger partial charge is 0.407 e. The monoisotopic (exact) mass is 297 g/mol. The number of carbonyl (C=O) groups excluding carboxylic acids is 1. The van der Waals surface area contributed by atoms with Crippen LogP contribution in [0.4, 0.5) is 4.79 Å². The molecule has 1 saturated carbocycles. The van der Waals surface area contributed by atoms with E-state index in [-0.39, 0.29) is 6.09 Å². The molecule has 0 aromatic carbocycles. The number of rotatable bonds is 5. The van der Waals surface area contributed by atoms with E-state index in [1.54, 1.807) is 0 Å². The van der Waals surface area contributed by atoms with Gasteiger partial charge in [0.1, 0.15) is 5.60 Å². The van der Waals surface area contributed by atoms with Crippen molar-refractivity contribution in [1.29, 1.82) is 0 Å². The molecule has 1 amide bonds. The summed E-state index contributed by atoms with van der Waals surface area (Å²) < 4.78 is 5.31. The topological polar surface area (TPSA) is 53.6 Å². The third-order valence-corrected chi connectivity index (χ3v) is 4.22. The second-order valence-corrected chi connectivity index (χ2v) is 7.57. The van der Waals surface area contributed by atoms with Crippen LogP contribution in [0.1, 0.15) is 46.5 Å². The van der Waals surface area contributed by atoms with E-state index in [1.807, 2.05) is 20.8 Å². The minimum absolute atomic E-state index is 0.307. The fraction of sp³-hybridized carbons (Fsp3) is 0.938. The zero-order valence-electron chi connectivity index (χ0n) is 13.9. The lowest BCUT2D eigenvalue weighted by molar-refractivity contribution is 0.0519. The zero-order valence-corrected chi connectivity index (χ0v) is 13.9. The molecule has 2 rings (SSSR count). The SMILES string of the molecule is CN1CCC(NC(CNC(=O)OC(C)(C)C)C2CC2)CC1. The van der Waals surface area contributed by atoms with Gasteiger partial charge in [0.15, 0.2) is 0 Å². The fourth-order valence-corrected chi connectivity index (χ4v) is 2.85. The van der Waals surface area contributed by atoms with Crippen LogP contribution in [0.3, 0.4) is 0 Å². The van der Waals surface area contributed by atoms with E-state index in [0.29, 0.717) is 18.6 Å². The van der Waals surface area contributed by atoms with Crippen LogP contribution in [0.15, 0.2) is 0 Å². The van der Waals surface area contributed by atoms with Gasteiger partial charge in [0.25, 0.3) is 0 Å². The Morgan fingerprint density at radius 3 is 2.38 bits per heavy atom. The van der Waals surface area contributed by atoms with Gasteiger partial charge in [-0.1, -0.05) is 0 Å². The first-order valence-electron chi connectivity index (χ1n) is 8.25. The van der Waals surface area contributed by atoms with Crippen LogP contribution in [0, 0.1) is 5.92 Å². The summed E-state index contributed by atoms with van der Waals surface area (Å²) in [5.41, 5.74) is -0.430. The lowest BCUT2D eigenvalue weighted by atomic mass is 10.0. The van der Waals surface area contributed by atoms with E-state index in [2.05, 4.69) is 22.6 Å². The summed E-state index contributed by atoms with van der Waals surface area (Å²) in [4.78, 5) is 14.2. The van der Waals surface area contributed by atoms with Gasteiger partial charge >= 0.3 is 6.09 Å². The van der Waals surface area contributed by atoms with E-state index in [9.17, 15) is 4.79 Å². The van der Waals surface area contributed by atoms with Crippen molar-refractivity contribution in [3.63, 3.8) is 0 Å². The highest BCUT2D eigenvalue weighted by Crippen LogP contribution is 2.33. The molecule has 2 fully saturated rings. The van der Waals surface area contributed by atoms with Gasteiger partial charge in [-0.05, 0) is 72.5 Å². The third-order valence-electron chi connectivity index (χ3n) is 4.22. The Morgan fingerprint density at radius 2 is 1.86 bits per heavy atom. The number of likely N-dealkylation sites (tertiary alicyclic amines) is 1. The molecule has 0 aromatic rings. The van der Waals surface area contributed by atoms with Crippen LogP contribution in [0.5, 0.6) is 0 Å². The molecule has 21 heavy (non-hydrogen) atoms. The van der Waals surface area contributed by atoms with Crippen molar-refractivity contribution in [3.05, 3.63) is 0 Å². The zero-order chi connectivity index (χ0) is 15.5. The second-order valence-electron chi connectivity index (χ2n) is 7.57. The molecule has 0 spiro atoms. The Bertz CT molecular complexity index is 342. The molecule has 0 radical (unpaired) electrons. The summed E-state index contributed by atoms with van der Waals surface area (Å²) in [5.74, 6) is 0.722. The predicted octanol–water partition coefficient (Wildman–Crippen LogP) is 1.97. The third kappa shape index (κ3) is 6.22. The molecule has 1 aliphatic heterocycles. The standard InChI is InChI=1S/C16H31N3O2/c1-16(2,3)21-15(20)17-11-14(12-5-6-12)18-13-7-9-19(4)10-8-13/h12-14,18H,5-11H2,1-4H3,(H,17,20). The lowest BCUT2D eigenvalue weighted by Gasteiger charge is -2.33. The molecule has 5 heteroatoms. The molecular formula is C16H31N3O2. The highest BCUT2D eigenvalue weighted by atomic mass is 16.6. The van der Waals surface area contributed by atoms with E-state index >= 15 is 0 Å². The first-order chi connectivity index (χ1) is 9.83. The highest BCUT2D eigenvalue weighted by Gasteiger charge is 2.33. The van der Waals surface area contributed by atoms with Crippen LogP contribution in [0.25, 0.3) is 0 Å². The Balaban J connectivity index is 1.73. The number of piperidine rings is 1. The average Bonchev–Trinajstić information content (AvgIpc) is 3.19. The molecule has 1 atom stereocenters. The summed E-state index contributed by atoms with van der Waals surface area (Å²) in [7, 11) is 2.18. The number of amides is 1. The van der Waals surface area contributed by atoms with Crippen molar-refractivity contribution >= 4 is 6.09 Å². The molecule has 5 nitrogen and oxygen atoms in total. The van der Waals surface area contributed by atoms with Crippen molar-refractivity contribution in [2.75, 3.05) is 26.7 Å². The van der Waals surface area contributed by atoms with Gasteiger partial charge in [0.2, 0.25) is 0 Å². The number of hydrogen-bond acceptors (Lipinski definition) is 4. The summed E-state index contributed by atoms with van der Waals surface area (Å²) in [6.07, 6.45) is 4.65. The van der Waals surface area contributed by atoms with Crippen LogP contribution in [0.2, 0.25) is 0 Å². The Morgan fingerprint density at radius 1 is 1.24 bits per heavy atom. The number of hydrogen-bond donors (Lipinski definition) is 2. The molecule has 1 saturated heterocycles. The molecule has 0 bridgehead atoms. The Hall–Kier alpha value is -0.810. The molecule has 1 unspecified atom stereocenters. The predicted molar refractivity (Wildman–Crippen MR) is 84.4 cm³/mol. The number of alkyl carbamates (subject to hydrolysis) is 1. The Labute approximate surface area is 128 Å². The Kier molecular flexibility index (Phi) is 5.49. The number of ether oxygens (including phenoxy) is 1. The highest BCUT2D eigenvalue weighted by molar-refractivity contribution is 5.67. The van der Waals surface area contributed by atoms with Crippen LogP contribution < -0.4 is 10.6 Å². The number of nitrogens with one attached hydrogen (secondary N) is 2. The van der Waals surface area contributed by atoms with Crippen LogP contribution >= 0.6 is 0 Å². The van der Waals surface area contributed by atoms with Crippen LogP contribution in [-0.4, -0.2) is 55.4 Å². The minimum atomic E-state index is -0.430. The summed E-state index contributed by atoms with van der Waals surface area (Å²) in [5, 5.41) is 6.68. The first kappa shape index (κ1) is 16.6. The summed E-state index contributed by atoms with van der Waals surface area (Å²) >= 11 is 0. The number of carbonyl (C=O) groups is 1. The molecule has 2 aliphatic rings. The van der Waals surface area contributed by atoms with E-state index < -0.39 is 5.60 Å². The maximum absolute atomic E-state index is 11.8. The number of nitrogens with zero attached hydrogens (tertiary/aromatic N) is 1.